The Morgan fingerprint density at radius 3 is 2.41 bits per heavy atom. The van der Waals surface area contributed by atoms with Gasteiger partial charge in [-0.15, -0.1) is 0 Å². The van der Waals surface area contributed by atoms with E-state index in [4.69, 9.17) is 9.84 Å². The van der Waals surface area contributed by atoms with Gasteiger partial charge in [-0.25, -0.2) is 0 Å². The monoisotopic (exact) mass is 455 g/mol. The minimum Gasteiger partial charge on any atom is -0.489 e. The Labute approximate surface area is 202 Å². The first-order chi connectivity index (χ1) is 16.6. The minimum atomic E-state index is -0.799. The molecule has 1 fully saturated rings. The average molecular weight is 456 g/mol. The molecule has 4 heteroatoms. The zero-order chi connectivity index (χ0) is 23.8. The van der Waals surface area contributed by atoms with Crippen LogP contribution in [-0.4, -0.2) is 29.1 Å². The molecule has 1 N–H and O–H groups in total. The average Bonchev–Trinajstić information content (AvgIpc) is 3.32. The molecular formula is C30H33NO3. The predicted molar refractivity (Wildman–Crippen MR) is 136 cm³/mol. The second kappa shape index (κ2) is 11.7. The summed E-state index contributed by atoms with van der Waals surface area (Å²) in [5, 5.41) is 9.13. The second-order valence-electron chi connectivity index (χ2n) is 9.04. The number of nitrogens with zero attached hydrogens (tertiary/aromatic N) is 1. The quantitative estimate of drug-likeness (QED) is 0.360. The summed E-state index contributed by atoms with van der Waals surface area (Å²) in [6.45, 7) is 5.65. The number of aliphatic carboxylic acids is 1. The van der Waals surface area contributed by atoms with Crippen LogP contribution < -0.4 is 4.74 Å². The third-order valence-electron chi connectivity index (χ3n) is 6.51. The van der Waals surface area contributed by atoms with E-state index in [0.29, 0.717) is 12.5 Å². The summed E-state index contributed by atoms with van der Waals surface area (Å²) in [6.07, 6.45) is 5.13. The van der Waals surface area contributed by atoms with E-state index in [1.54, 1.807) is 0 Å². The van der Waals surface area contributed by atoms with E-state index in [1.807, 2.05) is 43.3 Å². The summed E-state index contributed by atoms with van der Waals surface area (Å²) in [5.41, 5.74) is 4.89. The molecule has 0 aliphatic carbocycles. The first-order valence-electron chi connectivity index (χ1n) is 12.0. The summed E-state index contributed by atoms with van der Waals surface area (Å²) in [4.78, 5) is 13.7. The van der Waals surface area contributed by atoms with E-state index in [9.17, 15) is 4.79 Å². The van der Waals surface area contributed by atoms with Crippen LogP contribution in [0.5, 0.6) is 5.75 Å². The maximum absolute atomic E-state index is 11.1. The van der Waals surface area contributed by atoms with Gasteiger partial charge in [-0.1, -0.05) is 78.9 Å². The zero-order valence-electron chi connectivity index (χ0n) is 19.8. The lowest BCUT2D eigenvalue weighted by Crippen LogP contribution is -2.19. The highest BCUT2D eigenvalue weighted by Crippen LogP contribution is 2.28. The van der Waals surface area contributed by atoms with Gasteiger partial charge >= 0.3 is 5.97 Å². The lowest BCUT2D eigenvalue weighted by molar-refractivity contribution is -0.137. The van der Waals surface area contributed by atoms with Crippen LogP contribution in [0.4, 0.5) is 0 Å². The number of likely N-dealkylation sites (tertiary alicyclic amines) is 1. The maximum Gasteiger partial charge on any atom is 0.304 e. The molecule has 0 amide bonds. The van der Waals surface area contributed by atoms with E-state index < -0.39 is 5.97 Å². The first kappa shape index (κ1) is 23.8. The smallest absolute Gasteiger partial charge is 0.304 e. The van der Waals surface area contributed by atoms with Crippen molar-refractivity contribution < 1.29 is 14.6 Å². The molecule has 3 aromatic carbocycles. The van der Waals surface area contributed by atoms with Gasteiger partial charge in [0.25, 0.3) is 0 Å². The Bertz CT molecular complexity index is 1070. The van der Waals surface area contributed by atoms with Crippen molar-refractivity contribution in [3.05, 3.63) is 113 Å². The number of carbonyl (C=O) groups is 1. The Balaban J connectivity index is 1.27. The van der Waals surface area contributed by atoms with E-state index in [0.717, 1.165) is 36.5 Å². The lowest BCUT2D eigenvalue weighted by Gasteiger charge is -2.17. The highest BCUT2D eigenvalue weighted by Gasteiger charge is 2.23. The summed E-state index contributed by atoms with van der Waals surface area (Å²) in [6, 6.07) is 27.2. The van der Waals surface area contributed by atoms with Crippen LogP contribution in [0.1, 0.15) is 53.9 Å². The van der Waals surface area contributed by atoms with Crippen molar-refractivity contribution in [2.24, 2.45) is 0 Å². The Kier molecular flexibility index (Phi) is 8.16. The van der Waals surface area contributed by atoms with E-state index >= 15 is 0 Å². The molecule has 1 saturated heterocycles. The number of rotatable bonds is 10. The van der Waals surface area contributed by atoms with Crippen LogP contribution in [0.3, 0.4) is 0 Å². The summed E-state index contributed by atoms with van der Waals surface area (Å²) >= 11 is 0. The molecule has 4 nitrogen and oxygen atoms in total. The fourth-order valence-electron chi connectivity index (χ4n) is 4.67. The molecular weight excluding hydrogens is 422 g/mol. The second-order valence-corrected chi connectivity index (χ2v) is 9.04. The van der Waals surface area contributed by atoms with Crippen molar-refractivity contribution in [2.75, 3.05) is 13.1 Å². The topological polar surface area (TPSA) is 49.8 Å². The Morgan fingerprint density at radius 1 is 1.03 bits per heavy atom. The Hall–Kier alpha value is -3.37. The molecule has 0 radical (unpaired) electrons. The number of hydrogen-bond acceptors (Lipinski definition) is 3. The van der Waals surface area contributed by atoms with Crippen molar-refractivity contribution in [3.8, 4) is 5.75 Å². The fourth-order valence-corrected chi connectivity index (χ4v) is 4.67. The molecule has 34 heavy (non-hydrogen) atoms. The van der Waals surface area contributed by atoms with Crippen LogP contribution in [0.2, 0.25) is 0 Å². The van der Waals surface area contributed by atoms with Crippen molar-refractivity contribution in [1.82, 2.24) is 4.90 Å². The normalized spacial score (nSPS) is 17.1. The van der Waals surface area contributed by atoms with Gasteiger partial charge in [0.15, 0.2) is 0 Å². The molecule has 0 saturated carbocycles. The van der Waals surface area contributed by atoms with Crippen LogP contribution in [0.15, 0.2) is 91.0 Å². The van der Waals surface area contributed by atoms with Crippen molar-refractivity contribution in [2.45, 2.75) is 44.8 Å². The first-order valence-corrected chi connectivity index (χ1v) is 12.0. The SMILES string of the molecule is CC=CC(CC(=O)O)c1ccc(OCc2ccc(CN3CCC(c4ccccc4)C3)cc2)cc1. The lowest BCUT2D eigenvalue weighted by atomic mass is 9.95. The third-order valence-corrected chi connectivity index (χ3v) is 6.51. The number of benzene rings is 3. The zero-order valence-corrected chi connectivity index (χ0v) is 19.8. The van der Waals surface area contributed by atoms with Gasteiger partial charge < -0.3 is 9.84 Å². The molecule has 4 rings (SSSR count). The van der Waals surface area contributed by atoms with Gasteiger partial charge in [-0.2, -0.15) is 0 Å². The summed E-state index contributed by atoms with van der Waals surface area (Å²) in [7, 11) is 0. The van der Waals surface area contributed by atoms with Gasteiger partial charge in [0.1, 0.15) is 12.4 Å². The van der Waals surface area contributed by atoms with Crippen LogP contribution in [0, 0.1) is 0 Å². The largest absolute Gasteiger partial charge is 0.489 e. The number of carboxylic acids is 1. The van der Waals surface area contributed by atoms with Crippen LogP contribution in [0.25, 0.3) is 0 Å². The molecule has 1 aliphatic rings. The van der Waals surface area contributed by atoms with Crippen molar-refractivity contribution >= 4 is 5.97 Å². The van der Waals surface area contributed by atoms with E-state index in [-0.39, 0.29) is 12.3 Å². The van der Waals surface area contributed by atoms with E-state index in [1.165, 1.54) is 17.5 Å². The minimum absolute atomic E-state index is 0.0846. The molecule has 3 aromatic rings. The molecule has 176 valence electrons. The van der Waals surface area contributed by atoms with Gasteiger partial charge in [0, 0.05) is 19.0 Å². The van der Waals surface area contributed by atoms with Crippen molar-refractivity contribution in [1.29, 1.82) is 0 Å². The molecule has 0 bridgehead atoms. The third kappa shape index (κ3) is 6.58. The fraction of sp³-hybridized carbons (Fsp3) is 0.300. The number of carboxylic acid groups (broad SMARTS) is 1. The molecule has 0 spiro atoms. The number of ether oxygens (including phenoxy) is 1. The van der Waals surface area contributed by atoms with Gasteiger partial charge in [0.05, 0.1) is 6.42 Å². The standard InChI is InChI=1S/C30H33NO3/c1-2-6-27(19-30(32)33)26-13-15-29(16-14-26)34-22-24-11-9-23(10-12-24)20-31-18-17-28(21-31)25-7-4-3-5-8-25/h2-16,27-28H,17-22H2,1H3,(H,32,33). The van der Waals surface area contributed by atoms with Gasteiger partial charge in [-0.05, 0) is 60.2 Å². The molecule has 1 aliphatic heterocycles. The Morgan fingerprint density at radius 2 is 1.74 bits per heavy atom. The number of allylic oxidation sites excluding steroid dienone is 2. The van der Waals surface area contributed by atoms with Crippen LogP contribution in [-0.2, 0) is 17.9 Å². The van der Waals surface area contributed by atoms with Crippen molar-refractivity contribution in [3.63, 3.8) is 0 Å². The van der Waals surface area contributed by atoms with Gasteiger partial charge in [0.2, 0.25) is 0 Å². The van der Waals surface area contributed by atoms with Gasteiger partial charge in [-0.3, -0.25) is 9.69 Å². The van der Waals surface area contributed by atoms with Crippen LogP contribution >= 0.6 is 0 Å². The summed E-state index contributed by atoms with van der Waals surface area (Å²) < 4.78 is 5.96. The molecule has 1 heterocycles. The maximum atomic E-state index is 11.1. The summed E-state index contributed by atoms with van der Waals surface area (Å²) in [5.74, 6) is 0.499. The molecule has 2 unspecified atom stereocenters. The van der Waals surface area contributed by atoms with E-state index in [2.05, 4.69) is 59.5 Å². The highest BCUT2D eigenvalue weighted by atomic mass is 16.5. The number of hydrogen-bond donors (Lipinski definition) is 1. The molecule has 0 aromatic heterocycles. The molecule has 2 atom stereocenters. The predicted octanol–water partition coefficient (Wildman–Crippen LogP) is 6.39. The highest BCUT2D eigenvalue weighted by molar-refractivity contribution is 5.68.